The van der Waals surface area contributed by atoms with Gasteiger partial charge in [0, 0.05) is 22.2 Å². The van der Waals surface area contributed by atoms with E-state index in [1.165, 1.54) is 23.0 Å². The predicted molar refractivity (Wildman–Crippen MR) is 159 cm³/mol. The van der Waals surface area contributed by atoms with Crippen LogP contribution in [0.15, 0.2) is 101 Å². The first kappa shape index (κ1) is 24.5. The Kier molecular flexibility index (Phi) is 5.86. The third-order valence-corrected chi connectivity index (χ3v) is 8.75. The maximum atomic E-state index is 14.4. The molecule has 8 rings (SSSR count). The number of amidine groups is 1. The van der Waals surface area contributed by atoms with E-state index in [-0.39, 0.29) is 23.7 Å². The number of aliphatic imine (C=N–C) groups is 1. The van der Waals surface area contributed by atoms with Gasteiger partial charge in [-0.15, -0.1) is 11.3 Å². The van der Waals surface area contributed by atoms with Crippen LogP contribution in [0.3, 0.4) is 0 Å². The number of halogens is 1. The van der Waals surface area contributed by atoms with E-state index in [4.69, 9.17) is 9.98 Å². The molecular formula is C32H26FN5OS. The van der Waals surface area contributed by atoms with Crippen molar-refractivity contribution in [2.75, 3.05) is 10.7 Å². The van der Waals surface area contributed by atoms with Gasteiger partial charge in [-0.1, -0.05) is 66.7 Å². The minimum absolute atomic E-state index is 0.0504. The van der Waals surface area contributed by atoms with Crippen LogP contribution in [0.4, 0.5) is 15.2 Å². The van der Waals surface area contributed by atoms with E-state index in [0.717, 1.165) is 28.0 Å². The first-order valence-corrected chi connectivity index (χ1v) is 14.1. The molecule has 0 spiro atoms. The topological polar surface area (TPSA) is 78.4 Å². The van der Waals surface area contributed by atoms with Crippen LogP contribution in [0.5, 0.6) is 0 Å². The minimum Gasteiger partial charge on any atom is -0.301 e. The van der Waals surface area contributed by atoms with E-state index in [9.17, 15) is 9.18 Å². The maximum absolute atomic E-state index is 14.4. The number of carbonyl (C=O) groups excluding carboxylic acids is 1. The summed E-state index contributed by atoms with van der Waals surface area (Å²) in [5.41, 5.74) is 10.6. The highest BCUT2D eigenvalue weighted by molar-refractivity contribution is 7.14. The van der Waals surface area contributed by atoms with Crippen molar-refractivity contribution in [1.29, 1.82) is 0 Å². The lowest BCUT2D eigenvalue weighted by Crippen LogP contribution is -2.50. The smallest absolute Gasteiger partial charge is 0.234 e. The lowest BCUT2D eigenvalue weighted by Gasteiger charge is -2.47. The third-order valence-electron chi connectivity index (χ3n) is 7.99. The van der Waals surface area contributed by atoms with Crippen molar-refractivity contribution in [3.05, 3.63) is 113 Å². The summed E-state index contributed by atoms with van der Waals surface area (Å²) >= 11 is 1.37. The number of hydrazine groups is 1. The van der Waals surface area contributed by atoms with Gasteiger partial charge in [0.25, 0.3) is 0 Å². The fraction of sp³-hybridized carbons (Fsp3) is 0.156. The van der Waals surface area contributed by atoms with E-state index >= 15 is 0 Å². The number of fused-ring (bicyclic) bond motifs is 2. The number of thiazole rings is 1. The summed E-state index contributed by atoms with van der Waals surface area (Å²) in [5.74, 6) is 0.404. The fourth-order valence-corrected chi connectivity index (χ4v) is 6.63. The SMILES string of the molecule is C[C@]1(C(=O)Nc2nc(-c3ccc(F)c4ccccc34)cs2)C[C@@H]2C(NNc3ccccc3)=NC1c1ccccc12. The van der Waals surface area contributed by atoms with E-state index in [1.807, 2.05) is 73.0 Å². The Morgan fingerprint density at radius 2 is 1.62 bits per heavy atom. The average Bonchev–Trinajstić information content (AvgIpc) is 3.45. The van der Waals surface area contributed by atoms with Crippen molar-refractivity contribution in [1.82, 2.24) is 10.4 Å². The number of rotatable bonds is 5. The molecule has 3 atom stereocenters. The Balaban J connectivity index is 1.16. The normalized spacial score (nSPS) is 21.0. The number of para-hydroxylation sites is 1. The van der Waals surface area contributed by atoms with Gasteiger partial charge in [0.1, 0.15) is 11.7 Å². The number of hydrogen-bond acceptors (Lipinski definition) is 6. The summed E-state index contributed by atoms with van der Waals surface area (Å²) in [5, 5.41) is 6.83. The van der Waals surface area contributed by atoms with Crippen molar-refractivity contribution in [3.63, 3.8) is 0 Å². The van der Waals surface area contributed by atoms with Gasteiger partial charge in [0.2, 0.25) is 5.91 Å². The minimum atomic E-state index is -0.759. The van der Waals surface area contributed by atoms with Crippen molar-refractivity contribution in [2.45, 2.75) is 25.3 Å². The number of nitrogens with zero attached hydrogens (tertiary/aromatic N) is 2. The molecule has 198 valence electrons. The maximum Gasteiger partial charge on any atom is 0.234 e. The van der Waals surface area contributed by atoms with Crippen LogP contribution < -0.4 is 16.2 Å². The largest absolute Gasteiger partial charge is 0.301 e. The van der Waals surface area contributed by atoms with E-state index in [0.29, 0.717) is 22.6 Å². The number of amides is 1. The molecule has 1 amide bonds. The molecule has 0 saturated carbocycles. The summed E-state index contributed by atoms with van der Waals surface area (Å²) in [6, 6.07) is 28.3. The summed E-state index contributed by atoms with van der Waals surface area (Å²) < 4.78 is 14.4. The first-order chi connectivity index (χ1) is 19.5. The quantitative estimate of drug-likeness (QED) is 0.202. The molecule has 4 aromatic carbocycles. The molecule has 0 saturated heterocycles. The summed E-state index contributed by atoms with van der Waals surface area (Å²) in [6.07, 6.45) is 0.615. The van der Waals surface area contributed by atoms with Gasteiger partial charge in [0.15, 0.2) is 5.13 Å². The van der Waals surface area contributed by atoms with Crippen LogP contribution in [0, 0.1) is 11.2 Å². The molecule has 5 aromatic rings. The highest BCUT2D eigenvalue weighted by atomic mass is 32.1. The van der Waals surface area contributed by atoms with Crippen molar-refractivity contribution in [3.8, 4) is 11.3 Å². The predicted octanol–water partition coefficient (Wildman–Crippen LogP) is 7.30. The number of carbonyl (C=O) groups is 1. The highest BCUT2D eigenvalue weighted by Crippen LogP contribution is 2.55. The molecule has 6 nitrogen and oxygen atoms in total. The first-order valence-electron chi connectivity index (χ1n) is 13.2. The standard InChI is InChI=1S/C32H26FN5OS/c1-32(30(39)36-31-34-27(18-40-31)23-15-16-26(33)22-13-7-5-11-20(22)23)17-25-21-12-6-8-14-24(21)28(32)35-29(25)38-37-19-9-3-2-4-10-19/h2-16,18,25,28,37H,17H2,1H3,(H,35,38)(H,34,36,39)/t25-,28?,32-/m0/s1. The molecule has 2 aliphatic heterocycles. The Bertz CT molecular complexity index is 1780. The van der Waals surface area contributed by atoms with Gasteiger partial charge in [-0.3, -0.25) is 20.6 Å². The van der Waals surface area contributed by atoms with Crippen LogP contribution in [-0.4, -0.2) is 16.7 Å². The zero-order valence-electron chi connectivity index (χ0n) is 21.7. The summed E-state index contributed by atoms with van der Waals surface area (Å²) in [6.45, 7) is 1.99. The van der Waals surface area contributed by atoms with E-state index < -0.39 is 5.41 Å². The zero-order chi connectivity index (χ0) is 27.3. The molecule has 3 heterocycles. The number of nitrogens with one attached hydrogen (secondary N) is 3. The second kappa shape index (κ2) is 9.57. The summed E-state index contributed by atoms with van der Waals surface area (Å²) in [4.78, 5) is 23.6. The Hall–Kier alpha value is -4.56. The molecule has 3 aliphatic rings. The molecule has 8 heteroatoms. The van der Waals surface area contributed by atoms with Crippen molar-refractivity contribution < 1.29 is 9.18 Å². The van der Waals surface area contributed by atoms with Crippen molar-refractivity contribution in [2.24, 2.45) is 10.4 Å². The van der Waals surface area contributed by atoms with Gasteiger partial charge >= 0.3 is 0 Å². The zero-order valence-corrected chi connectivity index (χ0v) is 22.5. The molecule has 2 bridgehead atoms. The second-order valence-corrected chi connectivity index (χ2v) is 11.3. The van der Waals surface area contributed by atoms with Gasteiger partial charge in [-0.2, -0.15) is 0 Å². The molecule has 40 heavy (non-hydrogen) atoms. The monoisotopic (exact) mass is 547 g/mol. The van der Waals surface area contributed by atoms with Gasteiger partial charge in [0.05, 0.1) is 22.8 Å². The average molecular weight is 548 g/mol. The van der Waals surface area contributed by atoms with E-state index in [1.54, 1.807) is 12.1 Å². The Morgan fingerprint density at radius 3 is 2.45 bits per heavy atom. The van der Waals surface area contributed by atoms with Gasteiger partial charge < -0.3 is 5.32 Å². The molecule has 1 aromatic heterocycles. The Morgan fingerprint density at radius 1 is 0.900 bits per heavy atom. The van der Waals surface area contributed by atoms with E-state index in [2.05, 4.69) is 28.3 Å². The Labute approximate surface area is 235 Å². The number of anilines is 2. The van der Waals surface area contributed by atoms with Crippen LogP contribution in [0.2, 0.25) is 0 Å². The van der Waals surface area contributed by atoms with Crippen LogP contribution >= 0.6 is 11.3 Å². The number of aromatic nitrogens is 1. The van der Waals surface area contributed by atoms with Gasteiger partial charge in [-0.05, 0) is 54.1 Å². The molecule has 1 unspecified atom stereocenters. The molecule has 0 fully saturated rings. The fourth-order valence-electron chi connectivity index (χ4n) is 5.93. The third kappa shape index (κ3) is 4.03. The summed E-state index contributed by atoms with van der Waals surface area (Å²) in [7, 11) is 0. The van der Waals surface area contributed by atoms with Crippen LogP contribution in [0.1, 0.15) is 36.4 Å². The van der Waals surface area contributed by atoms with Crippen LogP contribution in [0.25, 0.3) is 22.0 Å². The molecule has 0 radical (unpaired) electrons. The second-order valence-electron chi connectivity index (χ2n) is 10.5. The number of benzene rings is 4. The molecule has 1 aliphatic carbocycles. The van der Waals surface area contributed by atoms with Crippen molar-refractivity contribution >= 4 is 44.7 Å². The molecular weight excluding hydrogens is 521 g/mol. The van der Waals surface area contributed by atoms with Gasteiger partial charge in [-0.25, -0.2) is 9.37 Å². The molecule has 3 N–H and O–H groups in total. The highest BCUT2D eigenvalue weighted by Gasteiger charge is 2.53. The number of hydrogen-bond donors (Lipinski definition) is 3. The van der Waals surface area contributed by atoms with Crippen LogP contribution in [-0.2, 0) is 4.79 Å². The lowest BCUT2D eigenvalue weighted by molar-refractivity contribution is -0.127. The lowest BCUT2D eigenvalue weighted by atomic mass is 9.62.